The van der Waals surface area contributed by atoms with Gasteiger partial charge in [-0.15, -0.1) is 0 Å². The second-order valence-electron chi connectivity index (χ2n) is 3.68. The van der Waals surface area contributed by atoms with Gasteiger partial charge >= 0.3 is 11.9 Å². The number of anilines is 1. The number of carbonyl (C=O) groups is 2. The molecule has 1 amide bonds. The van der Waals surface area contributed by atoms with Gasteiger partial charge in [0.2, 0.25) is 0 Å². The Morgan fingerprint density at radius 3 is 2.56 bits per heavy atom. The van der Waals surface area contributed by atoms with Gasteiger partial charge in [-0.2, -0.15) is 0 Å². The van der Waals surface area contributed by atoms with Crippen LogP contribution in [0.1, 0.15) is 0 Å². The van der Waals surface area contributed by atoms with E-state index in [1.807, 2.05) is 0 Å². The van der Waals surface area contributed by atoms with Gasteiger partial charge in [0, 0.05) is 18.8 Å². The summed E-state index contributed by atoms with van der Waals surface area (Å²) in [5.74, 6) is -0.464. The standard InChI is InChI=1S/C12H13NO5/c1-13(11(14)12(15)16-2)8-3-4-9-10(7-8)18-6-5-17-9/h3-4,7H,5-6H2,1-2H3. The van der Waals surface area contributed by atoms with Crippen LogP contribution in [0.3, 0.4) is 0 Å². The van der Waals surface area contributed by atoms with Crippen LogP contribution in [0.5, 0.6) is 11.5 Å². The number of ether oxygens (including phenoxy) is 3. The third-order valence-corrected chi connectivity index (χ3v) is 2.58. The zero-order chi connectivity index (χ0) is 13.1. The maximum Gasteiger partial charge on any atom is 0.397 e. The summed E-state index contributed by atoms with van der Waals surface area (Å²) in [6.45, 7) is 0.967. The van der Waals surface area contributed by atoms with Crippen molar-refractivity contribution in [3.05, 3.63) is 18.2 Å². The Hall–Kier alpha value is -2.24. The van der Waals surface area contributed by atoms with E-state index in [2.05, 4.69) is 4.74 Å². The van der Waals surface area contributed by atoms with E-state index in [1.165, 1.54) is 11.9 Å². The van der Waals surface area contributed by atoms with Crippen molar-refractivity contribution < 1.29 is 23.8 Å². The molecule has 18 heavy (non-hydrogen) atoms. The molecule has 0 unspecified atom stereocenters. The van der Waals surface area contributed by atoms with E-state index >= 15 is 0 Å². The number of hydrogen-bond acceptors (Lipinski definition) is 5. The molecule has 0 N–H and O–H groups in total. The summed E-state index contributed by atoms with van der Waals surface area (Å²) < 4.78 is 15.2. The van der Waals surface area contributed by atoms with Crippen LogP contribution >= 0.6 is 0 Å². The predicted octanol–water partition coefficient (Wildman–Crippen LogP) is 0.594. The molecule has 0 saturated carbocycles. The minimum absolute atomic E-state index is 0.463. The van der Waals surface area contributed by atoms with Gasteiger partial charge in [0.05, 0.1) is 7.11 Å². The van der Waals surface area contributed by atoms with Crippen LogP contribution in [-0.4, -0.2) is 39.2 Å². The van der Waals surface area contributed by atoms with Crippen LogP contribution < -0.4 is 14.4 Å². The monoisotopic (exact) mass is 251 g/mol. The molecule has 0 aliphatic carbocycles. The zero-order valence-electron chi connectivity index (χ0n) is 10.1. The Balaban J connectivity index is 2.23. The van der Waals surface area contributed by atoms with Gasteiger partial charge in [0.25, 0.3) is 0 Å². The Kier molecular flexibility index (Phi) is 3.36. The molecule has 1 aliphatic heterocycles. The first kappa shape index (κ1) is 12.2. The number of fused-ring (bicyclic) bond motifs is 1. The highest BCUT2D eigenvalue weighted by Gasteiger charge is 2.22. The first-order valence-electron chi connectivity index (χ1n) is 5.39. The highest BCUT2D eigenvalue weighted by Crippen LogP contribution is 2.33. The smallest absolute Gasteiger partial charge is 0.397 e. The molecule has 0 spiro atoms. The number of benzene rings is 1. The lowest BCUT2D eigenvalue weighted by Gasteiger charge is -2.21. The molecule has 0 aromatic heterocycles. The third-order valence-electron chi connectivity index (χ3n) is 2.58. The van der Waals surface area contributed by atoms with E-state index < -0.39 is 11.9 Å². The normalized spacial score (nSPS) is 12.8. The van der Waals surface area contributed by atoms with Crippen molar-refractivity contribution in [1.82, 2.24) is 0 Å². The van der Waals surface area contributed by atoms with Crippen molar-refractivity contribution in [2.45, 2.75) is 0 Å². The number of rotatable bonds is 1. The van der Waals surface area contributed by atoms with Gasteiger partial charge < -0.3 is 19.1 Å². The van der Waals surface area contributed by atoms with Gasteiger partial charge in [-0.1, -0.05) is 0 Å². The van der Waals surface area contributed by atoms with E-state index in [-0.39, 0.29) is 0 Å². The summed E-state index contributed by atoms with van der Waals surface area (Å²) >= 11 is 0. The van der Waals surface area contributed by atoms with Crippen LogP contribution in [0.4, 0.5) is 5.69 Å². The number of likely N-dealkylation sites (N-methyl/N-ethyl adjacent to an activating group) is 1. The van der Waals surface area contributed by atoms with Crippen molar-refractivity contribution in [3.63, 3.8) is 0 Å². The van der Waals surface area contributed by atoms with Crippen molar-refractivity contribution in [2.75, 3.05) is 32.3 Å². The van der Waals surface area contributed by atoms with Gasteiger partial charge in [-0.25, -0.2) is 4.79 Å². The summed E-state index contributed by atoms with van der Waals surface area (Å²) in [6.07, 6.45) is 0. The predicted molar refractivity (Wildman–Crippen MR) is 62.9 cm³/mol. The molecule has 1 aromatic rings. The van der Waals surface area contributed by atoms with Crippen molar-refractivity contribution in [1.29, 1.82) is 0 Å². The van der Waals surface area contributed by atoms with E-state index in [9.17, 15) is 9.59 Å². The quantitative estimate of drug-likeness (QED) is 0.540. The molecule has 96 valence electrons. The SMILES string of the molecule is COC(=O)C(=O)N(C)c1ccc2c(c1)OCCO2. The lowest BCUT2D eigenvalue weighted by Crippen LogP contribution is -2.34. The molecule has 2 rings (SSSR count). The van der Waals surface area contributed by atoms with Gasteiger partial charge in [-0.3, -0.25) is 4.79 Å². The number of carbonyl (C=O) groups excluding carboxylic acids is 2. The number of esters is 1. The highest BCUT2D eigenvalue weighted by atomic mass is 16.6. The fourth-order valence-electron chi connectivity index (χ4n) is 1.58. The van der Waals surface area contributed by atoms with E-state index in [0.717, 1.165) is 7.11 Å². The Bertz CT molecular complexity index is 485. The topological polar surface area (TPSA) is 65.1 Å². The van der Waals surface area contributed by atoms with E-state index in [0.29, 0.717) is 30.4 Å². The Morgan fingerprint density at radius 2 is 1.89 bits per heavy atom. The fourth-order valence-corrected chi connectivity index (χ4v) is 1.58. The first-order chi connectivity index (χ1) is 8.63. The second kappa shape index (κ2) is 4.95. The summed E-state index contributed by atoms with van der Waals surface area (Å²) in [6, 6.07) is 5.02. The Morgan fingerprint density at radius 1 is 1.22 bits per heavy atom. The van der Waals surface area contributed by atoms with Crippen molar-refractivity contribution in [3.8, 4) is 11.5 Å². The molecule has 0 saturated heterocycles. The molecule has 1 aromatic carbocycles. The summed E-state index contributed by atoms with van der Waals surface area (Å²) in [7, 11) is 2.66. The average molecular weight is 251 g/mol. The lowest BCUT2D eigenvalue weighted by atomic mass is 10.2. The maximum absolute atomic E-state index is 11.6. The zero-order valence-corrected chi connectivity index (χ0v) is 10.1. The summed E-state index contributed by atoms with van der Waals surface area (Å²) in [5.41, 5.74) is 0.537. The minimum atomic E-state index is -0.910. The molecular formula is C12H13NO5. The molecule has 6 heteroatoms. The third kappa shape index (κ3) is 2.22. The average Bonchev–Trinajstić information content (AvgIpc) is 2.44. The Labute approximate surface area is 104 Å². The molecule has 0 bridgehead atoms. The van der Waals surface area contributed by atoms with Crippen LogP contribution in [0.25, 0.3) is 0 Å². The molecular weight excluding hydrogens is 238 g/mol. The van der Waals surface area contributed by atoms with E-state index in [4.69, 9.17) is 9.47 Å². The molecule has 1 aliphatic rings. The highest BCUT2D eigenvalue weighted by molar-refractivity contribution is 6.37. The molecule has 0 radical (unpaired) electrons. The number of amides is 1. The summed E-state index contributed by atoms with van der Waals surface area (Å²) in [4.78, 5) is 24.0. The van der Waals surface area contributed by atoms with Gasteiger partial charge in [-0.05, 0) is 12.1 Å². The van der Waals surface area contributed by atoms with Crippen molar-refractivity contribution >= 4 is 17.6 Å². The molecule has 0 atom stereocenters. The van der Waals surface area contributed by atoms with Crippen LogP contribution in [-0.2, 0) is 14.3 Å². The lowest BCUT2D eigenvalue weighted by molar-refractivity contribution is -0.151. The van der Waals surface area contributed by atoms with Gasteiger partial charge in [0.15, 0.2) is 11.5 Å². The van der Waals surface area contributed by atoms with Crippen molar-refractivity contribution in [2.24, 2.45) is 0 Å². The van der Waals surface area contributed by atoms with Crippen LogP contribution in [0, 0.1) is 0 Å². The van der Waals surface area contributed by atoms with Gasteiger partial charge in [0.1, 0.15) is 13.2 Å². The molecule has 1 heterocycles. The minimum Gasteiger partial charge on any atom is -0.486 e. The van der Waals surface area contributed by atoms with E-state index in [1.54, 1.807) is 18.2 Å². The largest absolute Gasteiger partial charge is 0.486 e. The number of methoxy groups -OCH3 is 1. The van der Waals surface area contributed by atoms with Crippen LogP contribution in [0.15, 0.2) is 18.2 Å². The number of hydrogen-bond donors (Lipinski definition) is 0. The number of nitrogens with zero attached hydrogens (tertiary/aromatic N) is 1. The second-order valence-corrected chi connectivity index (χ2v) is 3.68. The van der Waals surface area contributed by atoms with Crippen LogP contribution in [0.2, 0.25) is 0 Å². The molecule has 0 fully saturated rings. The molecule has 6 nitrogen and oxygen atoms in total. The maximum atomic E-state index is 11.6. The summed E-state index contributed by atoms with van der Waals surface area (Å²) in [5, 5.41) is 0. The fraction of sp³-hybridized carbons (Fsp3) is 0.333. The first-order valence-corrected chi connectivity index (χ1v) is 5.39.